The highest BCUT2D eigenvalue weighted by Gasteiger charge is 2.57. The maximum atomic E-state index is 12.2. The Balaban J connectivity index is 2.20. The highest BCUT2D eigenvalue weighted by atomic mass is 16.5. The number of rotatable bonds is 4. The van der Waals surface area contributed by atoms with Gasteiger partial charge in [-0.25, -0.2) is 4.79 Å². The molecule has 164 valence electrons. The molecule has 3 rings (SSSR count). The van der Waals surface area contributed by atoms with Crippen molar-refractivity contribution in [2.75, 3.05) is 33.9 Å². The van der Waals surface area contributed by atoms with Crippen molar-refractivity contribution in [1.82, 2.24) is 4.90 Å². The van der Waals surface area contributed by atoms with E-state index in [4.69, 9.17) is 19.6 Å². The van der Waals surface area contributed by atoms with E-state index in [0.717, 1.165) is 0 Å². The van der Waals surface area contributed by atoms with E-state index in [-0.39, 0.29) is 18.8 Å². The van der Waals surface area contributed by atoms with E-state index in [9.17, 15) is 20.6 Å². The highest BCUT2D eigenvalue weighted by Crippen LogP contribution is 2.53. The van der Waals surface area contributed by atoms with Crippen molar-refractivity contribution in [1.29, 1.82) is 21.2 Å². The molecule has 9 heteroatoms. The predicted molar refractivity (Wildman–Crippen MR) is 113 cm³/mol. The van der Waals surface area contributed by atoms with Gasteiger partial charge in [0.1, 0.15) is 0 Å². The molecule has 1 fully saturated rings. The van der Waals surface area contributed by atoms with E-state index in [1.165, 1.54) is 19.1 Å². The smallest absolute Gasteiger partial charge is 0.409 e. The van der Waals surface area contributed by atoms with Crippen molar-refractivity contribution in [3.8, 4) is 29.7 Å². The lowest BCUT2D eigenvalue weighted by Gasteiger charge is -2.47. The molecule has 1 heterocycles. The molecule has 2 aliphatic rings. The molecule has 32 heavy (non-hydrogen) atoms. The molecule has 1 aliphatic carbocycles. The zero-order valence-corrected chi connectivity index (χ0v) is 18.1. The van der Waals surface area contributed by atoms with Crippen molar-refractivity contribution >= 4 is 11.8 Å². The van der Waals surface area contributed by atoms with Gasteiger partial charge < -0.3 is 24.5 Å². The first-order valence-corrected chi connectivity index (χ1v) is 10.1. The predicted octanol–water partition coefficient (Wildman–Crippen LogP) is 3.01. The van der Waals surface area contributed by atoms with Crippen LogP contribution in [0.1, 0.15) is 18.4 Å². The van der Waals surface area contributed by atoms with Gasteiger partial charge in [0.05, 0.1) is 50.7 Å². The van der Waals surface area contributed by atoms with Crippen LogP contribution in [0.4, 0.5) is 4.79 Å². The van der Waals surface area contributed by atoms with E-state index in [0.29, 0.717) is 29.2 Å². The Hall–Kier alpha value is -4.03. The number of hydrogen-bond donors (Lipinski definition) is 1. The zero-order valence-electron chi connectivity index (χ0n) is 18.1. The summed E-state index contributed by atoms with van der Waals surface area (Å²) in [6, 6.07) is 11.3. The lowest BCUT2D eigenvalue weighted by atomic mass is 9.55. The van der Waals surface area contributed by atoms with Crippen LogP contribution in [0.5, 0.6) is 11.5 Å². The number of methoxy groups -OCH3 is 2. The first kappa shape index (κ1) is 22.7. The monoisotopic (exact) mass is 433 g/mol. The molecule has 1 aromatic rings. The molecule has 1 aliphatic heterocycles. The third-order valence-corrected chi connectivity index (χ3v) is 6.07. The normalized spacial score (nSPS) is 23.5. The number of carbonyl (C=O) groups excluding carboxylic acids is 1. The third kappa shape index (κ3) is 3.40. The van der Waals surface area contributed by atoms with E-state index in [2.05, 4.69) is 6.07 Å². The van der Waals surface area contributed by atoms with E-state index >= 15 is 0 Å². The number of ether oxygens (including phenoxy) is 3. The van der Waals surface area contributed by atoms with Crippen LogP contribution >= 0.6 is 0 Å². The first-order valence-electron chi connectivity index (χ1n) is 10.1. The van der Waals surface area contributed by atoms with Crippen LogP contribution in [0, 0.1) is 56.7 Å². The Labute approximate surface area is 186 Å². The second-order valence-electron chi connectivity index (χ2n) is 7.50. The fourth-order valence-corrected chi connectivity index (χ4v) is 4.60. The van der Waals surface area contributed by atoms with Gasteiger partial charge in [-0.05, 0) is 30.2 Å². The largest absolute Gasteiger partial charge is 0.493 e. The Bertz CT molecular complexity index is 1080. The van der Waals surface area contributed by atoms with Crippen molar-refractivity contribution in [3.05, 3.63) is 35.4 Å². The molecule has 1 saturated carbocycles. The molecular formula is C23H23N5O4. The molecule has 1 aromatic carbocycles. The molecule has 9 nitrogen and oxygen atoms in total. The summed E-state index contributed by atoms with van der Waals surface area (Å²) in [6.45, 7) is 2.59. The number of nitrogens with one attached hydrogen (secondary N) is 1. The topological polar surface area (TPSA) is 143 Å². The molecule has 0 radical (unpaired) electrons. The number of carbonyl (C=O) groups is 1. The molecule has 0 bridgehead atoms. The minimum Gasteiger partial charge on any atom is -0.493 e. The SMILES string of the molecule is CCOc1ccc([C@H]2C(C#N)C(=N)C(C#N)(C#N)C3=CCN(C(=O)OC)C[C@H]32)cc1OC. The van der Waals surface area contributed by atoms with Gasteiger partial charge in [-0.3, -0.25) is 0 Å². The van der Waals surface area contributed by atoms with Crippen LogP contribution < -0.4 is 9.47 Å². The molecule has 1 unspecified atom stereocenters. The number of benzene rings is 1. The summed E-state index contributed by atoms with van der Waals surface area (Å²) < 4.78 is 15.9. The molecule has 3 atom stereocenters. The van der Waals surface area contributed by atoms with Gasteiger partial charge in [0.25, 0.3) is 0 Å². The average Bonchev–Trinajstić information content (AvgIpc) is 2.83. The van der Waals surface area contributed by atoms with Crippen molar-refractivity contribution in [2.45, 2.75) is 12.8 Å². The number of amides is 1. The van der Waals surface area contributed by atoms with E-state index in [1.807, 2.05) is 19.1 Å². The minimum atomic E-state index is -1.85. The van der Waals surface area contributed by atoms with Crippen LogP contribution in [-0.2, 0) is 4.74 Å². The standard InChI is InChI=1S/C23H23N5O4/c1-4-32-18-6-5-14(9-19(18)30-2)20-15(10-24)21(27)23(12-25,13-26)17-7-8-28(11-16(17)20)22(29)31-3/h5-7,9,15-16,20,27H,4,8,11H2,1-3H3/t15?,16-,20+/m1/s1. The van der Waals surface area contributed by atoms with Gasteiger partial charge in [-0.2, -0.15) is 15.8 Å². The molecule has 0 spiro atoms. The van der Waals surface area contributed by atoms with Gasteiger partial charge in [-0.1, -0.05) is 12.1 Å². The van der Waals surface area contributed by atoms with Crippen LogP contribution in [0.2, 0.25) is 0 Å². The lowest BCUT2D eigenvalue weighted by molar-refractivity contribution is 0.115. The Morgan fingerprint density at radius 1 is 1.25 bits per heavy atom. The minimum absolute atomic E-state index is 0.146. The fraction of sp³-hybridized carbons (Fsp3) is 0.435. The summed E-state index contributed by atoms with van der Waals surface area (Å²) in [5.41, 5.74) is -0.971. The summed E-state index contributed by atoms with van der Waals surface area (Å²) in [5, 5.41) is 38.5. The van der Waals surface area contributed by atoms with Gasteiger partial charge in [0.2, 0.25) is 5.41 Å². The summed E-state index contributed by atoms with van der Waals surface area (Å²) in [4.78, 5) is 13.7. The lowest BCUT2D eigenvalue weighted by Crippen LogP contribution is -2.53. The van der Waals surface area contributed by atoms with Crippen molar-refractivity contribution < 1.29 is 19.0 Å². The van der Waals surface area contributed by atoms with Crippen LogP contribution in [0.15, 0.2) is 29.8 Å². The Morgan fingerprint density at radius 3 is 2.53 bits per heavy atom. The summed E-state index contributed by atoms with van der Waals surface area (Å²) in [7, 11) is 2.79. The van der Waals surface area contributed by atoms with E-state index in [1.54, 1.807) is 24.3 Å². The molecule has 1 amide bonds. The summed E-state index contributed by atoms with van der Waals surface area (Å²) in [5.74, 6) is -1.15. The number of hydrogen-bond acceptors (Lipinski definition) is 8. The van der Waals surface area contributed by atoms with Gasteiger partial charge in [0.15, 0.2) is 11.5 Å². The van der Waals surface area contributed by atoms with Crippen molar-refractivity contribution in [2.24, 2.45) is 17.3 Å². The Morgan fingerprint density at radius 2 is 1.97 bits per heavy atom. The summed E-state index contributed by atoms with van der Waals surface area (Å²) >= 11 is 0. The Kier molecular flexibility index (Phi) is 6.37. The molecule has 1 N–H and O–H groups in total. The van der Waals surface area contributed by atoms with E-state index < -0.39 is 29.3 Å². The maximum Gasteiger partial charge on any atom is 0.409 e. The summed E-state index contributed by atoms with van der Waals surface area (Å²) in [6.07, 6.45) is 1.09. The van der Waals surface area contributed by atoms with Crippen LogP contribution in [-0.4, -0.2) is 50.6 Å². The van der Waals surface area contributed by atoms with Crippen LogP contribution in [0.3, 0.4) is 0 Å². The van der Waals surface area contributed by atoms with Crippen LogP contribution in [0.25, 0.3) is 0 Å². The zero-order chi connectivity index (χ0) is 23.5. The van der Waals surface area contributed by atoms with Gasteiger partial charge in [0, 0.05) is 24.9 Å². The van der Waals surface area contributed by atoms with Crippen molar-refractivity contribution in [3.63, 3.8) is 0 Å². The first-order chi connectivity index (χ1) is 15.4. The quantitative estimate of drug-likeness (QED) is 0.719. The molecular weight excluding hydrogens is 410 g/mol. The second-order valence-corrected chi connectivity index (χ2v) is 7.50. The second kappa shape index (κ2) is 8.99. The highest BCUT2D eigenvalue weighted by molar-refractivity contribution is 6.01. The number of nitriles is 3. The number of fused-ring (bicyclic) bond motifs is 1. The van der Waals surface area contributed by atoms with Gasteiger partial charge in [-0.15, -0.1) is 0 Å². The molecule has 0 saturated heterocycles. The van der Waals surface area contributed by atoms with Gasteiger partial charge >= 0.3 is 6.09 Å². The molecule has 0 aromatic heterocycles. The number of nitrogens with zero attached hydrogens (tertiary/aromatic N) is 4. The third-order valence-electron chi connectivity index (χ3n) is 6.07. The fourth-order valence-electron chi connectivity index (χ4n) is 4.60. The maximum absolute atomic E-state index is 12.2. The average molecular weight is 433 g/mol.